The van der Waals surface area contributed by atoms with E-state index < -0.39 is 7.12 Å². The summed E-state index contributed by atoms with van der Waals surface area (Å²) in [4.78, 5) is 0. The largest absolute Gasteiger partial charge is 0.520 e. The van der Waals surface area contributed by atoms with Gasteiger partial charge in [0.25, 0.3) is 0 Å². The molecule has 0 aromatic carbocycles. The number of nitrogens with zero attached hydrogens (tertiary/aromatic N) is 2. The summed E-state index contributed by atoms with van der Waals surface area (Å²) in [6.45, 7) is 8.07. The molecule has 1 aromatic heterocycles. The van der Waals surface area contributed by atoms with E-state index in [4.69, 9.17) is 14.0 Å². The van der Waals surface area contributed by atoms with Crippen molar-refractivity contribution in [3.8, 4) is 5.75 Å². The van der Waals surface area contributed by atoms with Crippen molar-refractivity contribution in [2.45, 2.75) is 38.9 Å². The lowest BCUT2D eigenvalue weighted by molar-refractivity contribution is 0.00578. The van der Waals surface area contributed by atoms with Crippen LogP contribution in [0.2, 0.25) is 0 Å². The molecule has 1 fully saturated rings. The molecule has 0 spiro atoms. The summed E-state index contributed by atoms with van der Waals surface area (Å²) >= 11 is 0. The van der Waals surface area contributed by atoms with Gasteiger partial charge in [0.05, 0.1) is 24.5 Å². The predicted molar refractivity (Wildman–Crippen MR) is 65.5 cm³/mol. The monoisotopic (exact) mass is 238 g/mol. The molecular weight excluding hydrogens is 219 g/mol. The van der Waals surface area contributed by atoms with Crippen LogP contribution >= 0.6 is 0 Å². The molecule has 2 heterocycles. The maximum absolute atomic E-state index is 5.93. The Labute approximate surface area is 102 Å². The molecule has 0 amide bonds. The van der Waals surface area contributed by atoms with E-state index in [-0.39, 0.29) is 11.2 Å². The summed E-state index contributed by atoms with van der Waals surface area (Å²) < 4.78 is 18.8. The van der Waals surface area contributed by atoms with Crippen molar-refractivity contribution in [2.24, 2.45) is 7.05 Å². The average molecular weight is 238 g/mol. The van der Waals surface area contributed by atoms with Crippen molar-refractivity contribution < 1.29 is 14.0 Å². The highest BCUT2D eigenvalue weighted by molar-refractivity contribution is 6.62. The zero-order valence-corrected chi connectivity index (χ0v) is 11.3. The molecule has 1 saturated heterocycles. The molecule has 94 valence electrons. The maximum Gasteiger partial charge on any atom is 0.520 e. The van der Waals surface area contributed by atoms with Gasteiger partial charge in [-0.2, -0.15) is 5.10 Å². The standard InChI is InChI=1S/C11H19BN2O3/c1-10(2)11(3,4)17-12(16-10)9-8(15-6)7-14(5)13-9/h7H,1-6H3. The van der Waals surface area contributed by atoms with Gasteiger partial charge in [-0.1, -0.05) is 0 Å². The third kappa shape index (κ3) is 1.95. The number of ether oxygens (including phenoxy) is 1. The van der Waals surface area contributed by atoms with Crippen LogP contribution in [-0.2, 0) is 16.4 Å². The van der Waals surface area contributed by atoms with Gasteiger partial charge in [-0.25, -0.2) is 0 Å². The van der Waals surface area contributed by atoms with E-state index in [1.807, 2.05) is 34.7 Å². The minimum absolute atomic E-state index is 0.361. The van der Waals surface area contributed by atoms with Crippen LogP contribution in [0.1, 0.15) is 27.7 Å². The fourth-order valence-electron chi connectivity index (χ4n) is 1.76. The van der Waals surface area contributed by atoms with Gasteiger partial charge in [0.1, 0.15) is 5.59 Å². The van der Waals surface area contributed by atoms with E-state index in [2.05, 4.69) is 5.10 Å². The summed E-state index contributed by atoms with van der Waals surface area (Å²) in [7, 11) is 2.99. The van der Waals surface area contributed by atoms with E-state index in [1.165, 1.54) is 0 Å². The molecule has 0 saturated carbocycles. The van der Waals surface area contributed by atoms with Crippen LogP contribution in [0, 0.1) is 0 Å². The van der Waals surface area contributed by atoms with E-state index >= 15 is 0 Å². The number of methoxy groups -OCH3 is 1. The third-order valence-corrected chi connectivity index (χ3v) is 3.52. The Balaban J connectivity index is 2.31. The lowest BCUT2D eigenvalue weighted by Gasteiger charge is -2.32. The molecule has 2 rings (SSSR count). The summed E-state index contributed by atoms with van der Waals surface area (Å²) in [6.07, 6.45) is 1.81. The molecule has 0 bridgehead atoms. The molecule has 0 N–H and O–H groups in total. The number of aromatic nitrogens is 2. The Morgan fingerprint density at radius 3 is 2.24 bits per heavy atom. The smallest absolute Gasteiger partial charge is 0.494 e. The van der Waals surface area contributed by atoms with Crippen LogP contribution in [0.25, 0.3) is 0 Å². The second-order valence-electron chi connectivity index (χ2n) is 5.34. The second kappa shape index (κ2) is 3.75. The van der Waals surface area contributed by atoms with Crippen LogP contribution < -0.4 is 10.3 Å². The van der Waals surface area contributed by atoms with Gasteiger partial charge in [0.2, 0.25) is 0 Å². The summed E-state index contributed by atoms with van der Waals surface area (Å²) in [5.41, 5.74) is -0.0333. The van der Waals surface area contributed by atoms with Crippen LogP contribution in [-0.4, -0.2) is 35.2 Å². The van der Waals surface area contributed by atoms with Gasteiger partial charge in [0.15, 0.2) is 5.75 Å². The van der Waals surface area contributed by atoms with Gasteiger partial charge < -0.3 is 14.0 Å². The van der Waals surface area contributed by atoms with Crippen molar-refractivity contribution in [3.05, 3.63) is 6.20 Å². The average Bonchev–Trinajstić information content (AvgIpc) is 2.65. The van der Waals surface area contributed by atoms with Crippen molar-refractivity contribution in [1.82, 2.24) is 9.78 Å². The van der Waals surface area contributed by atoms with Gasteiger partial charge >= 0.3 is 7.12 Å². The zero-order chi connectivity index (χ0) is 12.8. The van der Waals surface area contributed by atoms with E-state index in [0.717, 1.165) is 0 Å². The number of rotatable bonds is 2. The molecule has 1 aliphatic heterocycles. The maximum atomic E-state index is 5.93. The van der Waals surface area contributed by atoms with Crippen LogP contribution in [0.3, 0.4) is 0 Å². The van der Waals surface area contributed by atoms with Crippen molar-refractivity contribution in [2.75, 3.05) is 7.11 Å². The first-order chi connectivity index (χ1) is 7.77. The van der Waals surface area contributed by atoms with Gasteiger partial charge in [0, 0.05) is 7.05 Å². The Hall–Kier alpha value is -1.01. The van der Waals surface area contributed by atoms with Crippen molar-refractivity contribution in [1.29, 1.82) is 0 Å². The minimum Gasteiger partial charge on any atom is -0.494 e. The Kier molecular flexibility index (Phi) is 2.74. The highest BCUT2D eigenvalue weighted by Crippen LogP contribution is 2.36. The number of hydrogen-bond acceptors (Lipinski definition) is 4. The quantitative estimate of drug-likeness (QED) is 0.712. The molecule has 5 nitrogen and oxygen atoms in total. The fraction of sp³-hybridized carbons (Fsp3) is 0.727. The molecule has 0 atom stereocenters. The van der Waals surface area contributed by atoms with E-state index in [1.54, 1.807) is 18.0 Å². The van der Waals surface area contributed by atoms with Gasteiger partial charge in [-0.3, -0.25) is 4.68 Å². The van der Waals surface area contributed by atoms with Crippen molar-refractivity contribution in [3.63, 3.8) is 0 Å². The van der Waals surface area contributed by atoms with Gasteiger partial charge in [-0.05, 0) is 27.7 Å². The van der Waals surface area contributed by atoms with Crippen LogP contribution in [0.4, 0.5) is 0 Å². The van der Waals surface area contributed by atoms with Gasteiger partial charge in [-0.15, -0.1) is 0 Å². The summed E-state index contributed by atoms with van der Waals surface area (Å²) in [5.74, 6) is 0.686. The molecule has 0 radical (unpaired) electrons. The topological polar surface area (TPSA) is 45.5 Å². The van der Waals surface area contributed by atoms with E-state index in [0.29, 0.717) is 11.3 Å². The molecule has 1 aromatic rings. The first-order valence-electron chi connectivity index (χ1n) is 5.70. The van der Waals surface area contributed by atoms with Crippen LogP contribution in [0.5, 0.6) is 5.75 Å². The SMILES string of the molecule is COc1cn(C)nc1B1OC(C)(C)C(C)(C)O1. The minimum atomic E-state index is -0.476. The molecule has 1 aliphatic rings. The van der Waals surface area contributed by atoms with Crippen LogP contribution in [0.15, 0.2) is 6.20 Å². The molecule has 17 heavy (non-hydrogen) atoms. The summed E-state index contributed by atoms with van der Waals surface area (Å²) in [6, 6.07) is 0. The fourth-order valence-corrected chi connectivity index (χ4v) is 1.76. The highest BCUT2D eigenvalue weighted by Gasteiger charge is 2.53. The number of aryl methyl sites for hydroxylation is 1. The second-order valence-corrected chi connectivity index (χ2v) is 5.34. The lowest BCUT2D eigenvalue weighted by Crippen LogP contribution is -2.41. The summed E-state index contributed by atoms with van der Waals surface area (Å²) in [5, 5.41) is 4.34. The van der Waals surface area contributed by atoms with E-state index in [9.17, 15) is 0 Å². The Bertz CT molecular complexity index is 412. The predicted octanol–water partition coefficient (Wildman–Crippen LogP) is 0.728. The highest BCUT2D eigenvalue weighted by atomic mass is 16.7. The molecule has 6 heteroatoms. The lowest BCUT2D eigenvalue weighted by atomic mass is 9.84. The molecular formula is C11H19BN2O3. The first-order valence-corrected chi connectivity index (χ1v) is 5.70. The Morgan fingerprint density at radius 2 is 1.76 bits per heavy atom. The first kappa shape index (κ1) is 12.5. The Morgan fingerprint density at radius 1 is 1.24 bits per heavy atom. The number of hydrogen-bond donors (Lipinski definition) is 0. The third-order valence-electron chi connectivity index (χ3n) is 3.52. The van der Waals surface area contributed by atoms with Crippen molar-refractivity contribution >= 4 is 12.7 Å². The zero-order valence-electron chi connectivity index (χ0n) is 11.3. The molecule has 0 unspecified atom stereocenters. The normalized spacial score (nSPS) is 21.9. The molecule has 0 aliphatic carbocycles.